The van der Waals surface area contributed by atoms with E-state index >= 15 is 0 Å². The summed E-state index contributed by atoms with van der Waals surface area (Å²) in [6.45, 7) is 1.93. The van der Waals surface area contributed by atoms with Gasteiger partial charge in [0.25, 0.3) is 11.8 Å². The summed E-state index contributed by atoms with van der Waals surface area (Å²) in [5.74, 6) is -1.27. The SMILES string of the molecule is Cc1ccc(C(=O)Oc2ccccc2/C=C2\C(=O)NN(c3ccccc3)C2=O)cc1. The summed E-state index contributed by atoms with van der Waals surface area (Å²) < 4.78 is 5.52. The maximum atomic E-state index is 12.8. The zero-order valence-electron chi connectivity index (χ0n) is 16.2. The standard InChI is InChI=1S/C24H18N2O4/c1-16-11-13-17(14-12-16)24(29)30-21-10-6-5-7-18(21)15-20-22(27)25-26(23(20)28)19-8-3-2-4-9-19/h2-15H,1H3,(H,25,27)/b20-15+. The number of esters is 1. The van der Waals surface area contributed by atoms with Crippen LogP contribution in [0.2, 0.25) is 0 Å². The minimum absolute atomic E-state index is 0.0438. The highest BCUT2D eigenvalue weighted by Crippen LogP contribution is 2.26. The molecule has 148 valence electrons. The summed E-state index contributed by atoms with van der Waals surface area (Å²) in [7, 11) is 0. The van der Waals surface area contributed by atoms with E-state index in [1.165, 1.54) is 11.1 Å². The maximum Gasteiger partial charge on any atom is 0.343 e. The molecule has 1 N–H and O–H groups in total. The molecule has 6 heteroatoms. The van der Waals surface area contributed by atoms with Crippen molar-refractivity contribution >= 4 is 29.5 Å². The topological polar surface area (TPSA) is 75.7 Å². The minimum atomic E-state index is -0.525. The average molecular weight is 398 g/mol. The summed E-state index contributed by atoms with van der Waals surface area (Å²) in [4.78, 5) is 37.7. The van der Waals surface area contributed by atoms with E-state index in [1.807, 2.05) is 25.1 Å². The molecular weight excluding hydrogens is 380 g/mol. The number of aryl methyl sites for hydroxylation is 1. The highest BCUT2D eigenvalue weighted by Gasteiger charge is 2.34. The number of nitrogens with zero attached hydrogens (tertiary/aromatic N) is 1. The molecule has 0 aliphatic carbocycles. The van der Waals surface area contributed by atoms with Crippen LogP contribution in [0.5, 0.6) is 5.75 Å². The van der Waals surface area contributed by atoms with Crippen molar-refractivity contribution < 1.29 is 19.1 Å². The Balaban J connectivity index is 1.61. The van der Waals surface area contributed by atoms with Crippen LogP contribution in [-0.2, 0) is 9.59 Å². The lowest BCUT2D eigenvalue weighted by Crippen LogP contribution is -2.35. The van der Waals surface area contributed by atoms with E-state index in [0.29, 0.717) is 16.8 Å². The number of hydrazine groups is 1. The second-order valence-corrected chi connectivity index (χ2v) is 6.77. The molecule has 0 unspecified atom stereocenters. The van der Waals surface area contributed by atoms with E-state index in [9.17, 15) is 14.4 Å². The average Bonchev–Trinajstić information content (AvgIpc) is 3.04. The zero-order chi connectivity index (χ0) is 21.1. The third kappa shape index (κ3) is 3.84. The lowest BCUT2D eigenvalue weighted by Gasteiger charge is -2.13. The molecule has 1 heterocycles. The first kappa shape index (κ1) is 19.1. The Hall–Kier alpha value is -4.19. The summed E-state index contributed by atoms with van der Waals surface area (Å²) in [5, 5.41) is 1.19. The second kappa shape index (κ2) is 8.05. The van der Waals surface area contributed by atoms with E-state index in [0.717, 1.165) is 5.56 Å². The lowest BCUT2D eigenvalue weighted by molar-refractivity contribution is -0.117. The first-order valence-corrected chi connectivity index (χ1v) is 9.33. The van der Waals surface area contributed by atoms with Gasteiger partial charge in [0.2, 0.25) is 0 Å². The molecule has 0 aromatic heterocycles. The van der Waals surface area contributed by atoms with Crippen molar-refractivity contribution in [1.82, 2.24) is 5.43 Å². The number of anilines is 1. The van der Waals surface area contributed by atoms with Gasteiger partial charge in [-0.2, -0.15) is 0 Å². The first-order chi connectivity index (χ1) is 14.5. The molecule has 1 saturated heterocycles. The van der Waals surface area contributed by atoms with Gasteiger partial charge in [-0.25, -0.2) is 9.80 Å². The van der Waals surface area contributed by atoms with Crippen LogP contribution in [0.1, 0.15) is 21.5 Å². The van der Waals surface area contributed by atoms with Crippen molar-refractivity contribution in [2.45, 2.75) is 6.92 Å². The minimum Gasteiger partial charge on any atom is -0.422 e. The van der Waals surface area contributed by atoms with Gasteiger partial charge in [-0.05, 0) is 43.3 Å². The molecule has 0 saturated carbocycles. The van der Waals surface area contributed by atoms with Crippen LogP contribution in [0, 0.1) is 6.92 Å². The van der Waals surface area contributed by atoms with Gasteiger partial charge in [0.15, 0.2) is 0 Å². The Bertz CT molecular complexity index is 1150. The van der Waals surface area contributed by atoms with Crippen molar-refractivity contribution in [3.8, 4) is 5.75 Å². The van der Waals surface area contributed by atoms with Crippen molar-refractivity contribution in [1.29, 1.82) is 0 Å². The van der Waals surface area contributed by atoms with Crippen molar-refractivity contribution in [2.24, 2.45) is 0 Å². The largest absolute Gasteiger partial charge is 0.422 e. The molecule has 0 spiro atoms. The molecule has 1 aliphatic heterocycles. The number of amides is 2. The molecule has 1 aliphatic rings. The van der Waals surface area contributed by atoms with Gasteiger partial charge in [0.05, 0.1) is 11.3 Å². The molecule has 0 bridgehead atoms. The van der Waals surface area contributed by atoms with Gasteiger partial charge in [0.1, 0.15) is 11.3 Å². The third-order valence-corrected chi connectivity index (χ3v) is 4.61. The summed E-state index contributed by atoms with van der Waals surface area (Å²) in [6.07, 6.45) is 1.43. The zero-order valence-corrected chi connectivity index (χ0v) is 16.2. The predicted octanol–water partition coefficient (Wildman–Crippen LogP) is 3.68. The molecule has 0 radical (unpaired) electrons. The van der Waals surface area contributed by atoms with Crippen molar-refractivity contribution in [3.05, 3.63) is 101 Å². The molecular formula is C24H18N2O4. The van der Waals surface area contributed by atoms with Crippen LogP contribution in [0.15, 0.2) is 84.4 Å². The number of carbonyl (C=O) groups excluding carboxylic acids is 3. The molecule has 6 nitrogen and oxygen atoms in total. The van der Waals surface area contributed by atoms with E-state index in [4.69, 9.17) is 4.74 Å². The molecule has 4 rings (SSSR count). The summed E-state index contributed by atoms with van der Waals surface area (Å²) in [6, 6.07) is 22.6. The van der Waals surface area contributed by atoms with Crippen LogP contribution in [0.25, 0.3) is 6.08 Å². The van der Waals surface area contributed by atoms with Crippen LogP contribution in [0.4, 0.5) is 5.69 Å². The Morgan fingerprint density at radius 2 is 1.57 bits per heavy atom. The van der Waals surface area contributed by atoms with E-state index in [-0.39, 0.29) is 11.3 Å². The number of para-hydroxylation sites is 2. The van der Waals surface area contributed by atoms with Crippen molar-refractivity contribution in [2.75, 3.05) is 5.01 Å². The quantitative estimate of drug-likeness (QED) is 0.315. The van der Waals surface area contributed by atoms with Crippen LogP contribution >= 0.6 is 0 Å². The van der Waals surface area contributed by atoms with E-state index in [2.05, 4.69) is 5.43 Å². The molecule has 1 fully saturated rings. The van der Waals surface area contributed by atoms with Crippen LogP contribution < -0.4 is 15.2 Å². The third-order valence-electron chi connectivity index (χ3n) is 4.61. The monoisotopic (exact) mass is 398 g/mol. The smallest absolute Gasteiger partial charge is 0.343 e. The number of carbonyl (C=O) groups is 3. The van der Waals surface area contributed by atoms with Gasteiger partial charge in [-0.15, -0.1) is 0 Å². The summed E-state index contributed by atoms with van der Waals surface area (Å²) >= 11 is 0. The fourth-order valence-electron chi connectivity index (χ4n) is 3.01. The fraction of sp³-hybridized carbons (Fsp3) is 0.0417. The van der Waals surface area contributed by atoms with Crippen LogP contribution in [-0.4, -0.2) is 17.8 Å². The van der Waals surface area contributed by atoms with Gasteiger partial charge in [-0.1, -0.05) is 54.1 Å². The number of hydrogen-bond donors (Lipinski definition) is 1. The molecule has 30 heavy (non-hydrogen) atoms. The molecule has 3 aromatic rings. The van der Waals surface area contributed by atoms with E-state index in [1.54, 1.807) is 60.7 Å². The van der Waals surface area contributed by atoms with Gasteiger partial charge >= 0.3 is 5.97 Å². The van der Waals surface area contributed by atoms with Crippen LogP contribution in [0.3, 0.4) is 0 Å². The molecule has 3 aromatic carbocycles. The molecule has 2 amide bonds. The highest BCUT2D eigenvalue weighted by atomic mass is 16.5. The highest BCUT2D eigenvalue weighted by molar-refractivity contribution is 6.31. The fourth-order valence-corrected chi connectivity index (χ4v) is 3.01. The Kier molecular flexibility index (Phi) is 5.13. The first-order valence-electron chi connectivity index (χ1n) is 9.33. The maximum absolute atomic E-state index is 12.8. The van der Waals surface area contributed by atoms with Gasteiger partial charge in [-0.3, -0.25) is 15.0 Å². The van der Waals surface area contributed by atoms with Gasteiger partial charge < -0.3 is 4.74 Å². The lowest BCUT2D eigenvalue weighted by atomic mass is 10.1. The number of nitrogens with one attached hydrogen (secondary N) is 1. The van der Waals surface area contributed by atoms with Crippen molar-refractivity contribution in [3.63, 3.8) is 0 Å². The Morgan fingerprint density at radius 3 is 2.30 bits per heavy atom. The van der Waals surface area contributed by atoms with Gasteiger partial charge in [0, 0.05) is 5.56 Å². The Morgan fingerprint density at radius 1 is 0.900 bits per heavy atom. The predicted molar refractivity (Wildman–Crippen MR) is 113 cm³/mol. The normalized spacial score (nSPS) is 14.7. The number of benzene rings is 3. The summed E-state index contributed by atoms with van der Waals surface area (Å²) in [5.41, 5.74) is 4.95. The van der Waals surface area contributed by atoms with E-state index < -0.39 is 17.8 Å². The number of hydrogen-bond acceptors (Lipinski definition) is 4. The Labute approximate surface area is 173 Å². The molecule has 0 atom stereocenters. The number of rotatable bonds is 4. The number of ether oxygens (including phenoxy) is 1. The second-order valence-electron chi connectivity index (χ2n) is 6.77.